The van der Waals surface area contributed by atoms with Gasteiger partial charge in [-0.2, -0.15) is 0 Å². The monoisotopic (exact) mass is 290 g/mol. The van der Waals surface area contributed by atoms with Crippen molar-refractivity contribution >= 4 is 7.25 Å². The van der Waals surface area contributed by atoms with Crippen LogP contribution in [0.2, 0.25) is 0 Å². The van der Waals surface area contributed by atoms with Gasteiger partial charge in [-0.3, -0.25) is 0 Å². The number of hydrogen-bond donors (Lipinski definition) is 0. The van der Waals surface area contributed by atoms with Crippen molar-refractivity contribution in [1.29, 1.82) is 0 Å². The van der Waals surface area contributed by atoms with Gasteiger partial charge < -0.3 is 22.1 Å². The second-order valence-corrected chi connectivity index (χ2v) is 3.99. The summed E-state index contributed by atoms with van der Waals surface area (Å²) in [5.74, 6) is 0. The van der Waals surface area contributed by atoms with Crippen molar-refractivity contribution in [2.75, 3.05) is 7.11 Å². The first-order valence-corrected chi connectivity index (χ1v) is 5.85. The van der Waals surface area contributed by atoms with Crippen LogP contribution in [0.25, 0.3) is 0 Å². The van der Waals surface area contributed by atoms with Gasteiger partial charge in [0.1, 0.15) is 12.8 Å². The molecule has 0 saturated heterocycles. The van der Waals surface area contributed by atoms with Crippen LogP contribution in [0.4, 0.5) is 17.3 Å². The van der Waals surface area contributed by atoms with Crippen LogP contribution in [0.3, 0.4) is 0 Å². The molecule has 1 aromatic heterocycles. The minimum absolute atomic E-state index is 0.822. The molecule has 0 spiro atoms. The predicted octanol–water partition coefficient (Wildman–Crippen LogP) is 2.49. The van der Waals surface area contributed by atoms with E-state index in [9.17, 15) is 17.3 Å². The van der Waals surface area contributed by atoms with Gasteiger partial charge in [-0.25, -0.2) is 0 Å². The molecular formula is C12H15BF4N2O. The third-order valence-electron chi connectivity index (χ3n) is 2.38. The van der Waals surface area contributed by atoms with Gasteiger partial charge >= 0.3 is 7.25 Å². The number of aromatic nitrogens is 2. The highest BCUT2D eigenvalue weighted by molar-refractivity contribution is 6.50. The third kappa shape index (κ3) is 5.77. The summed E-state index contributed by atoms with van der Waals surface area (Å²) in [5.41, 5.74) is 2.35. The molecule has 110 valence electrons. The Hall–Kier alpha value is -1.99. The maximum Gasteiger partial charge on any atom is 0.673 e. The van der Waals surface area contributed by atoms with Gasteiger partial charge in [-0.05, 0) is 6.92 Å². The summed E-state index contributed by atoms with van der Waals surface area (Å²) >= 11 is 0. The zero-order valence-corrected chi connectivity index (χ0v) is 11.1. The summed E-state index contributed by atoms with van der Waals surface area (Å²) in [6.45, 7) is 2.84. The highest BCUT2D eigenvalue weighted by Gasteiger charge is 2.20. The Bertz CT molecular complexity index is 522. The summed E-state index contributed by atoms with van der Waals surface area (Å²) in [7, 11) is -4.32. The summed E-state index contributed by atoms with van der Waals surface area (Å²) in [6, 6.07) is 12.4. The lowest BCUT2D eigenvalue weighted by molar-refractivity contribution is -0.791. The lowest BCUT2D eigenvalue weighted by atomic mass is 10.2. The molecule has 1 heterocycles. The van der Waals surface area contributed by atoms with Gasteiger partial charge in [0.2, 0.25) is 6.54 Å². The molecule has 0 saturated carbocycles. The van der Waals surface area contributed by atoms with E-state index in [1.807, 2.05) is 42.1 Å². The molecule has 1 aromatic carbocycles. The van der Waals surface area contributed by atoms with Crippen LogP contribution in [0.5, 0.6) is 0 Å². The maximum atomic E-state index is 9.75. The Balaban J connectivity index is 0.000000347. The molecule has 0 radical (unpaired) electrons. The van der Waals surface area contributed by atoms with Crippen LogP contribution in [-0.4, -0.2) is 19.2 Å². The smallest absolute Gasteiger partial charge is 0.418 e. The molecule has 0 N–H and O–H groups in total. The van der Waals surface area contributed by atoms with E-state index in [4.69, 9.17) is 4.84 Å². The molecule has 0 amide bonds. The standard InChI is InChI=1S/C12H15N2O.BF4/c1-11-8-9-13(14(11)15-2)10-12-6-4-3-5-7-12;2-1(3,4)5/h3-9H,10H2,1-2H3;/q+1;-1. The lowest BCUT2D eigenvalue weighted by Gasteiger charge is -2.01. The SMILES string of the molecule is COn1c(C)cc[n+]1Cc1ccccc1.F[B-](F)(F)F. The van der Waals surface area contributed by atoms with E-state index >= 15 is 0 Å². The van der Waals surface area contributed by atoms with Crippen LogP contribution in [0.15, 0.2) is 42.6 Å². The second-order valence-electron chi connectivity index (χ2n) is 3.99. The third-order valence-corrected chi connectivity index (χ3v) is 2.38. The van der Waals surface area contributed by atoms with E-state index in [0.29, 0.717) is 0 Å². The average molecular weight is 290 g/mol. The van der Waals surface area contributed by atoms with Crippen molar-refractivity contribution in [2.45, 2.75) is 13.5 Å². The number of rotatable bonds is 3. The minimum atomic E-state index is -6.00. The van der Waals surface area contributed by atoms with Crippen LogP contribution < -0.4 is 9.52 Å². The fourth-order valence-electron chi connectivity index (χ4n) is 1.66. The molecule has 0 aliphatic carbocycles. The van der Waals surface area contributed by atoms with E-state index in [1.165, 1.54) is 5.56 Å². The molecule has 2 aromatic rings. The van der Waals surface area contributed by atoms with Crippen LogP contribution >= 0.6 is 0 Å². The lowest BCUT2D eigenvalue weighted by Crippen LogP contribution is -2.45. The molecule has 0 atom stereocenters. The van der Waals surface area contributed by atoms with E-state index in [0.717, 1.165) is 12.2 Å². The van der Waals surface area contributed by atoms with E-state index in [-0.39, 0.29) is 0 Å². The van der Waals surface area contributed by atoms with Crippen LogP contribution in [0, 0.1) is 6.92 Å². The molecule has 8 heteroatoms. The first-order chi connectivity index (χ1) is 9.31. The molecular weight excluding hydrogens is 275 g/mol. The largest absolute Gasteiger partial charge is 0.673 e. The number of halogens is 4. The molecule has 0 aliphatic heterocycles. The van der Waals surface area contributed by atoms with Gasteiger partial charge in [-0.15, -0.1) is 0 Å². The van der Waals surface area contributed by atoms with Gasteiger partial charge in [0, 0.05) is 16.5 Å². The van der Waals surface area contributed by atoms with Crippen molar-refractivity contribution in [1.82, 2.24) is 4.85 Å². The Morgan fingerprint density at radius 2 is 1.65 bits per heavy atom. The molecule has 3 nitrogen and oxygen atoms in total. The average Bonchev–Trinajstić information content (AvgIpc) is 2.69. The van der Waals surface area contributed by atoms with Gasteiger partial charge in [0.05, 0.1) is 0 Å². The number of nitrogens with zero attached hydrogens (tertiary/aromatic N) is 2. The predicted molar refractivity (Wildman–Crippen MR) is 67.6 cm³/mol. The summed E-state index contributed by atoms with van der Waals surface area (Å²) < 4.78 is 41.0. The Labute approximate surface area is 114 Å². The van der Waals surface area contributed by atoms with Crippen molar-refractivity contribution in [2.24, 2.45) is 0 Å². The Kier molecular flexibility index (Phi) is 5.60. The van der Waals surface area contributed by atoms with Crippen molar-refractivity contribution < 1.29 is 26.8 Å². The zero-order valence-electron chi connectivity index (χ0n) is 11.1. The van der Waals surface area contributed by atoms with Gasteiger partial charge in [0.15, 0.2) is 6.20 Å². The van der Waals surface area contributed by atoms with Gasteiger partial charge in [-0.1, -0.05) is 35.0 Å². The molecule has 2 rings (SSSR count). The van der Waals surface area contributed by atoms with E-state index < -0.39 is 7.25 Å². The van der Waals surface area contributed by atoms with Gasteiger partial charge in [0.25, 0.3) is 0 Å². The second kappa shape index (κ2) is 6.97. The quantitative estimate of drug-likeness (QED) is 0.482. The topological polar surface area (TPSA) is 18.0 Å². The van der Waals surface area contributed by atoms with Crippen molar-refractivity contribution in [3.8, 4) is 0 Å². The summed E-state index contributed by atoms with van der Waals surface area (Å²) in [6.07, 6.45) is 2.02. The number of aryl methyl sites for hydroxylation is 1. The highest BCUT2D eigenvalue weighted by Crippen LogP contribution is 2.06. The Morgan fingerprint density at radius 3 is 2.15 bits per heavy atom. The van der Waals surface area contributed by atoms with Crippen molar-refractivity contribution in [3.05, 3.63) is 53.9 Å². The zero-order chi connectivity index (χ0) is 15.2. The van der Waals surface area contributed by atoms with Crippen LogP contribution in [0.1, 0.15) is 11.3 Å². The first kappa shape index (κ1) is 16.1. The number of benzene rings is 1. The van der Waals surface area contributed by atoms with Crippen LogP contribution in [-0.2, 0) is 6.54 Å². The fourth-order valence-corrected chi connectivity index (χ4v) is 1.66. The van der Waals surface area contributed by atoms with E-state index in [1.54, 1.807) is 12.0 Å². The summed E-state index contributed by atoms with van der Waals surface area (Å²) in [4.78, 5) is 7.05. The highest BCUT2D eigenvalue weighted by atomic mass is 19.5. The van der Waals surface area contributed by atoms with E-state index in [2.05, 4.69) is 12.1 Å². The minimum Gasteiger partial charge on any atom is -0.418 e. The first-order valence-electron chi connectivity index (χ1n) is 5.85. The Morgan fingerprint density at radius 1 is 1.10 bits per heavy atom. The molecule has 20 heavy (non-hydrogen) atoms. The summed E-state index contributed by atoms with van der Waals surface area (Å²) in [5, 5.41) is 0. The molecule has 0 unspecified atom stereocenters. The molecule has 0 fully saturated rings. The molecule has 0 aliphatic rings. The van der Waals surface area contributed by atoms with Crippen molar-refractivity contribution in [3.63, 3.8) is 0 Å². The normalized spacial score (nSPS) is 10.7. The molecule has 0 bridgehead atoms. The maximum absolute atomic E-state index is 9.75. The fraction of sp³-hybridized carbons (Fsp3) is 0.250. The number of hydrogen-bond acceptors (Lipinski definition) is 1.